The van der Waals surface area contributed by atoms with E-state index in [4.69, 9.17) is 17.3 Å². The van der Waals surface area contributed by atoms with Crippen LogP contribution in [0.25, 0.3) is 0 Å². The Balaban J connectivity index is 2.30. The first-order valence-electron chi connectivity index (χ1n) is 6.31. The first-order valence-corrected chi connectivity index (χ1v) is 8.18. The summed E-state index contributed by atoms with van der Waals surface area (Å²) >= 11 is 5.97. The van der Waals surface area contributed by atoms with E-state index in [9.17, 15) is 8.42 Å². The molecule has 0 amide bonds. The van der Waals surface area contributed by atoms with Crippen molar-refractivity contribution in [3.05, 3.63) is 58.4 Å². The lowest BCUT2D eigenvalue weighted by Gasteiger charge is -2.13. The van der Waals surface area contributed by atoms with Gasteiger partial charge in [0.2, 0.25) is 10.0 Å². The third-order valence-electron chi connectivity index (χ3n) is 3.13. The first kappa shape index (κ1) is 15.9. The van der Waals surface area contributed by atoms with Gasteiger partial charge in [0.25, 0.3) is 0 Å². The summed E-state index contributed by atoms with van der Waals surface area (Å²) in [6.07, 6.45) is 3.24. The Labute approximate surface area is 129 Å². The molecule has 0 spiro atoms. The third kappa shape index (κ3) is 3.79. The lowest BCUT2D eigenvalue weighted by Crippen LogP contribution is -2.24. The van der Waals surface area contributed by atoms with E-state index in [0.29, 0.717) is 16.1 Å². The number of rotatable bonds is 5. The van der Waals surface area contributed by atoms with Crippen molar-refractivity contribution in [2.45, 2.75) is 24.9 Å². The Morgan fingerprint density at radius 2 is 2.14 bits per heavy atom. The Morgan fingerprint density at radius 3 is 2.76 bits per heavy atom. The summed E-state index contributed by atoms with van der Waals surface area (Å²) in [6.45, 7) is 2.12. The standard InChI is InChI=1S/C14H16ClN3O2S/c1-10-12(7-16)5-13(15)6-14(10)21(19,20)18-9-11-3-2-4-17-8-11/h2-6,8,18H,7,9,16H2,1H3. The fraction of sp³-hybridized carbons (Fsp3) is 0.214. The lowest BCUT2D eigenvalue weighted by atomic mass is 10.1. The second-order valence-electron chi connectivity index (χ2n) is 4.58. The van der Waals surface area contributed by atoms with E-state index < -0.39 is 10.0 Å². The number of hydrogen-bond donors (Lipinski definition) is 2. The van der Waals surface area contributed by atoms with Crippen molar-refractivity contribution in [2.24, 2.45) is 5.73 Å². The molecule has 2 rings (SSSR count). The van der Waals surface area contributed by atoms with Gasteiger partial charge < -0.3 is 5.73 Å². The number of sulfonamides is 1. The Kier molecular flexibility index (Phi) is 4.95. The van der Waals surface area contributed by atoms with Crippen LogP contribution >= 0.6 is 11.6 Å². The average molecular weight is 326 g/mol. The largest absolute Gasteiger partial charge is 0.326 e. The van der Waals surface area contributed by atoms with Gasteiger partial charge in [-0.2, -0.15) is 0 Å². The highest BCUT2D eigenvalue weighted by molar-refractivity contribution is 7.89. The average Bonchev–Trinajstić information content (AvgIpc) is 2.48. The summed E-state index contributed by atoms with van der Waals surface area (Å²) < 4.78 is 27.4. The van der Waals surface area contributed by atoms with Crippen LogP contribution in [-0.4, -0.2) is 13.4 Å². The maximum absolute atomic E-state index is 12.4. The molecule has 112 valence electrons. The van der Waals surface area contributed by atoms with Crippen LogP contribution in [0.3, 0.4) is 0 Å². The number of aromatic nitrogens is 1. The molecule has 0 fully saturated rings. The van der Waals surface area contributed by atoms with Crippen molar-refractivity contribution in [3.63, 3.8) is 0 Å². The summed E-state index contributed by atoms with van der Waals surface area (Å²) in [5.41, 5.74) is 7.72. The number of nitrogens with two attached hydrogens (primary N) is 1. The molecule has 0 aliphatic carbocycles. The molecule has 0 atom stereocenters. The zero-order chi connectivity index (χ0) is 15.5. The molecule has 0 aliphatic heterocycles. The predicted molar refractivity (Wildman–Crippen MR) is 82.3 cm³/mol. The van der Waals surface area contributed by atoms with Crippen molar-refractivity contribution in [1.29, 1.82) is 0 Å². The molecule has 0 aliphatic rings. The van der Waals surface area contributed by atoms with Crippen molar-refractivity contribution in [2.75, 3.05) is 0 Å². The molecule has 0 bridgehead atoms. The minimum atomic E-state index is -3.66. The minimum absolute atomic E-state index is 0.152. The fourth-order valence-electron chi connectivity index (χ4n) is 1.96. The van der Waals surface area contributed by atoms with E-state index in [1.165, 1.54) is 6.07 Å². The zero-order valence-electron chi connectivity index (χ0n) is 11.5. The fourth-order valence-corrected chi connectivity index (χ4v) is 3.59. The van der Waals surface area contributed by atoms with Crippen molar-refractivity contribution in [3.8, 4) is 0 Å². The van der Waals surface area contributed by atoms with Crippen LogP contribution in [0, 0.1) is 6.92 Å². The number of hydrogen-bond acceptors (Lipinski definition) is 4. The lowest BCUT2D eigenvalue weighted by molar-refractivity contribution is 0.580. The molecule has 2 aromatic rings. The molecular weight excluding hydrogens is 310 g/mol. The van der Waals surface area contributed by atoms with Crippen LogP contribution in [0.2, 0.25) is 5.02 Å². The first-order chi connectivity index (χ1) is 9.94. The van der Waals surface area contributed by atoms with Crippen molar-refractivity contribution < 1.29 is 8.42 Å². The molecule has 0 saturated heterocycles. The van der Waals surface area contributed by atoms with E-state index in [0.717, 1.165) is 5.56 Å². The third-order valence-corrected chi connectivity index (χ3v) is 4.88. The Bertz CT molecular complexity index is 733. The maximum Gasteiger partial charge on any atom is 0.241 e. The molecule has 0 saturated carbocycles. The van der Waals surface area contributed by atoms with Crippen LogP contribution in [0.5, 0.6) is 0 Å². The van der Waals surface area contributed by atoms with Crippen LogP contribution in [-0.2, 0) is 23.1 Å². The van der Waals surface area contributed by atoms with Gasteiger partial charge in [-0.3, -0.25) is 4.98 Å². The second kappa shape index (κ2) is 6.53. The van der Waals surface area contributed by atoms with Gasteiger partial charge in [0, 0.05) is 30.5 Å². The summed E-state index contributed by atoms with van der Waals surface area (Å²) in [6, 6.07) is 6.66. The number of benzene rings is 1. The molecule has 7 heteroatoms. The predicted octanol–water partition coefficient (Wildman–Crippen LogP) is 1.98. The smallest absolute Gasteiger partial charge is 0.241 e. The van der Waals surface area contributed by atoms with Gasteiger partial charge in [-0.1, -0.05) is 17.7 Å². The molecule has 3 N–H and O–H groups in total. The normalized spacial score (nSPS) is 11.6. The van der Waals surface area contributed by atoms with Crippen LogP contribution in [0.15, 0.2) is 41.6 Å². The number of nitrogens with zero attached hydrogens (tertiary/aromatic N) is 1. The SMILES string of the molecule is Cc1c(CN)cc(Cl)cc1S(=O)(=O)NCc1cccnc1. The van der Waals surface area contributed by atoms with Crippen LogP contribution in [0.4, 0.5) is 0 Å². The molecule has 0 radical (unpaired) electrons. The number of pyridine rings is 1. The van der Waals surface area contributed by atoms with Gasteiger partial charge >= 0.3 is 0 Å². The van der Waals surface area contributed by atoms with Crippen LogP contribution in [0.1, 0.15) is 16.7 Å². The summed E-state index contributed by atoms with van der Waals surface area (Å²) in [5.74, 6) is 0. The van der Waals surface area contributed by atoms with E-state index in [-0.39, 0.29) is 18.0 Å². The highest BCUT2D eigenvalue weighted by atomic mass is 35.5. The minimum Gasteiger partial charge on any atom is -0.326 e. The molecular formula is C14H16ClN3O2S. The van der Waals surface area contributed by atoms with E-state index >= 15 is 0 Å². The molecule has 1 aromatic heterocycles. The summed E-state index contributed by atoms with van der Waals surface area (Å²) in [5, 5.41) is 0.350. The number of nitrogens with one attached hydrogen (secondary N) is 1. The quantitative estimate of drug-likeness (QED) is 0.880. The van der Waals surface area contributed by atoms with Gasteiger partial charge in [-0.15, -0.1) is 0 Å². The van der Waals surface area contributed by atoms with Gasteiger partial charge in [-0.05, 0) is 41.8 Å². The van der Waals surface area contributed by atoms with Gasteiger partial charge in [0.15, 0.2) is 0 Å². The topological polar surface area (TPSA) is 85.1 Å². The van der Waals surface area contributed by atoms with E-state index in [1.54, 1.807) is 37.5 Å². The Hall–Kier alpha value is -1.47. The summed E-state index contributed by atoms with van der Waals surface area (Å²) in [7, 11) is -3.66. The molecule has 1 heterocycles. The molecule has 21 heavy (non-hydrogen) atoms. The van der Waals surface area contributed by atoms with Gasteiger partial charge in [0.05, 0.1) is 4.90 Å². The molecule has 0 unspecified atom stereocenters. The maximum atomic E-state index is 12.4. The molecule has 5 nitrogen and oxygen atoms in total. The summed E-state index contributed by atoms with van der Waals surface area (Å²) in [4.78, 5) is 4.10. The molecule has 1 aromatic carbocycles. The number of halogens is 1. The van der Waals surface area contributed by atoms with Crippen LogP contribution < -0.4 is 10.5 Å². The van der Waals surface area contributed by atoms with Gasteiger partial charge in [0.1, 0.15) is 0 Å². The van der Waals surface area contributed by atoms with Crippen molar-refractivity contribution >= 4 is 21.6 Å². The zero-order valence-corrected chi connectivity index (χ0v) is 13.1. The van der Waals surface area contributed by atoms with Gasteiger partial charge in [-0.25, -0.2) is 13.1 Å². The van der Waals surface area contributed by atoms with Crippen molar-refractivity contribution in [1.82, 2.24) is 9.71 Å². The van der Waals surface area contributed by atoms with E-state index in [2.05, 4.69) is 9.71 Å². The van der Waals surface area contributed by atoms with E-state index in [1.807, 2.05) is 0 Å². The monoisotopic (exact) mass is 325 g/mol. The Morgan fingerprint density at radius 1 is 1.38 bits per heavy atom. The highest BCUT2D eigenvalue weighted by Crippen LogP contribution is 2.24. The second-order valence-corrected chi connectivity index (χ2v) is 6.75. The highest BCUT2D eigenvalue weighted by Gasteiger charge is 2.19.